The number of imidazole rings is 1. The van der Waals surface area contributed by atoms with Gasteiger partial charge in [0, 0.05) is 42.9 Å². The molecule has 3 heterocycles. The number of rotatable bonds is 6. The lowest BCUT2D eigenvalue weighted by atomic mass is 10.1. The van der Waals surface area contributed by atoms with E-state index >= 15 is 0 Å². The molecule has 1 aromatic carbocycles. The smallest absolute Gasteiger partial charge is 0.251 e. The maximum absolute atomic E-state index is 12.3. The van der Waals surface area contributed by atoms with E-state index in [0.29, 0.717) is 38.0 Å². The van der Waals surface area contributed by atoms with E-state index in [1.165, 1.54) is 0 Å². The summed E-state index contributed by atoms with van der Waals surface area (Å²) in [7, 11) is 0. The average molecular weight is 364 g/mol. The van der Waals surface area contributed by atoms with Gasteiger partial charge in [0.25, 0.3) is 5.91 Å². The Morgan fingerprint density at radius 2 is 2.07 bits per heavy atom. The van der Waals surface area contributed by atoms with Crippen molar-refractivity contribution in [1.82, 2.24) is 25.1 Å². The lowest BCUT2D eigenvalue weighted by Gasteiger charge is -2.27. The summed E-state index contributed by atoms with van der Waals surface area (Å²) in [6.45, 7) is 1.62. The molecule has 138 valence electrons. The van der Waals surface area contributed by atoms with Gasteiger partial charge in [-0.1, -0.05) is 12.1 Å². The zero-order valence-electron chi connectivity index (χ0n) is 14.8. The second-order valence-corrected chi connectivity index (χ2v) is 6.42. The van der Waals surface area contributed by atoms with E-state index in [1.807, 2.05) is 22.9 Å². The minimum atomic E-state index is -0.117. The first-order valence-corrected chi connectivity index (χ1v) is 8.87. The predicted molar refractivity (Wildman–Crippen MR) is 99.1 cm³/mol. The Bertz CT molecular complexity index is 930. The van der Waals surface area contributed by atoms with Crippen molar-refractivity contribution in [1.29, 1.82) is 0 Å². The highest BCUT2D eigenvalue weighted by Crippen LogP contribution is 2.22. The van der Waals surface area contributed by atoms with E-state index in [-0.39, 0.29) is 11.8 Å². The van der Waals surface area contributed by atoms with Crippen LogP contribution in [0.2, 0.25) is 0 Å². The Hall–Kier alpha value is -3.42. The summed E-state index contributed by atoms with van der Waals surface area (Å²) < 4.78 is 1.84. The van der Waals surface area contributed by atoms with Crippen LogP contribution in [0.25, 0.3) is 0 Å². The van der Waals surface area contributed by atoms with E-state index in [2.05, 4.69) is 20.4 Å². The first-order chi connectivity index (χ1) is 13.2. The Labute approximate surface area is 156 Å². The summed E-state index contributed by atoms with van der Waals surface area (Å²) in [5, 5.41) is 7.12. The van der Waals surface area contributed by atoms with Crippen molar-refractivity contribution in [3.63, 3.8) is 0 Å². The normalized spacial score (nSPS) is 13.5. The molecule has 8 heteroatoms. The molecule has 0 fully saturated rings. The SMILES string of the molecule is O=C(NCCc1cnc[nH]1)c1ccc(CN2C(=O)CCn3nccc32)cc1. The van der Waals surface area contributed by atoms with Gasteiger partial charge in [-0.25, -0.2) is 9.67 Å². The molecule has 4 rings (SSSR count). The Balaban J connectivity index is 1.36. The zero-order chi connectivity index (χ0) is 18.6. The minimum absolute atomic E-state index is 0.0867. The Kier molecular flexibility index (Phi) is 4.69. The Morgan fingerprint density at radius 1 is 1.22 bits per heavy atom. The van der Waals surface area contributed by atoms with Crippen molar-refractivity contribution in [2.45, 2.75) is 25.9 Å². The molecule has 0 unspecified atom stereocenters. The fourth-order valence-electron chi connectivity index (χ4n) is 3.14. The largest absolute Gasteiger partial charge is 0.352 e. The van der Waals surface area contributed by atoms with Gasteiger partial charge in [0.2, 0.25) is 5.91 Å². The van der Waals surface area contributed by atoms with Crippen molar-refractivity contribution >= 4 is 17.6 Å². The van der Waals surface area contributed by atoms with E-state index in [0.717, 1.165) is 17.1 Å². The first-order valence-electron chi connectivity index (χ1n) is 8.87. The number of fused-ring (bicyclic) bond motifs is 1. The second-order valence-electron chi connectivity index (χ2n) is 6.42. The van der Waals surface area contributed by atoms with Crippen molar-refractivity contribution < 1.29 is 9.59 Å². The van der Waals surface area contributed by atoms with Gasteiger partial charge in [0.15, 0.2) is 0 Å². The number of carbonyl (C=O) groups is 2. The number of hydrogen-bond donors (Lipinski definition) is 2. The van der Waals surface area contributed by atoms with Crippen LogP contribution >= 0.6 is 0 Å². The van der Waals surface area contributed by atoms with Crippen LogP contribution in [0.3, 0.4) is 0 Å². The van der Waals surface area contributed by atoms with Gasteiger partial charge in [0.05, 0.1) is 25.6 Å². The standard InChI is InChI=1S/C19H20N6O2/c26-18-7-10-25-17(6-9-23-25)24(18)12-14-1-3-15(4-2-14)19(27)21-8-5-16-11-20-13-22-16/h1-4,6,9,11,13H,5,7-8,10,12H2,(H,20,22)(H,21,27). The van der Waals surface area contributed by atoms with Gasteiger partial charge in [-0.2, -0.15) is 5.10 Å². The number of carbonyl (C=O) groups excluding carboxylic acids is 2. The van der Waals surface area contributed by atoms with Crippen molar-refractivity contribution in [2.24, 2.45) is 0 Å². The number of aromatic amines is 1. The summed E-state index contributed by atoms with van der Waals surface area (Å²) in [5.41, 5.74) is 2.54. The highest BCUT2D eigenvalue weighted by Gasteiger charge is 2.24. The molecule has 8 nitrogen and oxygen atoms in total. The van der Waals surface area contributed by atoms with Crippen LogP contribution in [0.4, 0.5) is 5.82 Å². The molecular weight excluding hydrogens is 344 g/mol. The Morgan fingerprint density at radius 3 is 2.85 bits per heavy atom. The van der Waals surface area contributed by atoms with E-state index < -0.39 is 0 Å². The summed E-state index contributed by atoms with van der Waals surface area (Å²) in [4.78, 5) is 33.2. The molecule has 2 N–H and O–H groups in total. The van der Waals surface area contributed by atoms with Crippen LogP contribution in [0.15, 0.2) is 49.1 Å². The maximum atomic E-state index is 12.3. The number of amides is 2. The van der Waals surface area contributed by atoms with Gasteiger partial charge in [-0.15, -0.1) is 0 Å². The highest BCUT2D eigenvalue weighted by atomic mass is 16.2. The third-order valence-corrected chi connectivity index (χ3v) is 4.60. The van der Waals surface area contributed by atoms with Crippen LogP contribution in [0, 0.1) is 0 Å². The average Bonchev–Trinajstić information content (AvgIpc) is 3.36. The van der Waals surface area contributed by atoms with Gasteiger partial charge < -0.3 is 10.3 Å². The molecular formula is C19H20N6O2. The van der Waals surface area contributed by atoms with Crippen molar-refractivity contribution in [3.8, 4) is 0 Å². The minimum Gasteiger partial charge on any atom is -0.352 e. The number of anilines is 1. The summed E-state index contributed by atoms with van der Waals surface area (Å²) in [6, 6.07) is 9.18. The quantitative estimate of drug-likeness (QED) is 0.693. The molecule has 0 spiro atoms. The topological polar surface area (TPSA) is 95.9 Å². The van der Waals surface area contributed by atoms with Crippen LogP contribution < -0.4 is 10.2 Å². The summed E-state index contributed by atoms with van der Waals surface area (Å²) in [6.07, 6.45) is 6.22. The molecule has 0 saturated carbocycles. The van der Waals surface area contributed by atoms with Gasteiger partial charge in [-0.05, 0) is 17.7 Å². The van der Waals surface area contributed by atoms with Crippen LogP contribution in [0.5, 0.6) is 0 Å². The number of nitrogens with one attached hydrogen (secondary N) is 2. The van der Waals surface area contributed by atoms with Crippen LogP contribution in [0.1, 0.15) is 28.0 Å². The predicted octanol–water partition coefficient (Wildman–Crippen LogP) is 1.52. The molecule has 0 bridgehead atoms. The monoisotopic (exact) mass is 364 g/mol. The lowest BCUT2D eigenvalue weighted by molar-refractivity contribution is -0.119. The summed E-state index contributed by atoms with van der Waals surface area (Å²) >= 11 is 0. The fraction of sp³-hybridized carbons (Fsp3) is 0.263. The number of nitrogens with zero attached hydrogens (tertiary/aromatic N) is 4. The van der Waals surface area contributed by atoms with Crippen molar-refractivity contribution in [3.05, 3.63) is 65.9 Å². The second kappa shape index (κ2) is 7.45. The maximum Gasteiger partial charge on any atom is 0.251 e. The molecule has 1 aliphatic heterocycles. The number of benzene rings is 1. The zero-order valence-corrected chi connectivity index (χ0v) is 14.8. The highest BCUT2D eigenvalue weighted by molar-refractivity contribution is 5.95. The first kappa shape index (κ1) is 17.0. The van der Waals surface area contributed by atoms with Gasteiger partial charge >= 0.3 is 0 Å². The summed E-state index contributed by atoms with van der Waals surface area (Å²) in [5.74, 6) is 0.781. The number of aryl methyl sites for hydroxylation is 1. The van der Waals surface area contributed by atoms with E-state index in [1.54, 1.807) is 35.8 Å². The molecule has 3 aromatic rings. The molecule has 2 aromatic heterocycles. The van der Waals surface area contributed by atoms with Crippen molar-refractivity contribution in [2.75, 3.05) is 11.4 Å². The third kappa shape index (κ3) is 3.74. The molecule has 0 atom stereocenters. The van der Waals surface area contributed by atoms with Crippen LogP contribution in [-0.2, 0) is 24.3 Å². The number of hydrogen-bond acceptors (Lipinski definition) is 4. The van der Waals surface area contributed by atoms with E-state index in [4.69, 9.17) is 0 Å². The van der Waals surface area contributed by atoms with Crippen LogP contribution in [-0.4, -0.2) is 38.1 Å². The number of H-pyrrole nitrogens is 1. The lowest BCUT2D eigenvalue weighted by Crippen LogP contribution is -2.36. The fourth-order valence-corrected chi connectivity index (χ4v) is 3.14. The van der Waals surface area contributed by atoms with Gasteiger partial charge in [0.1, 0.15) is 5.82 Å². The van der Waals surface area contributed by atoms with E-state index in [9.17, 15) is 9.59 Å². The van der Waals surface area contributed by atoms with Gasteiger partial charge in [-0.3, -0.25) is 14.5 Å². The molecule has 0 aliphatic carbocycles. The molecule has 0 radical (unpaired) electrons. The molecule has 2 amide bonds. The molecule has 1 aliphatic rings. The molecule has 27 heavy (non-hydrogen) atoms. The third-order valence-electron chi connectivity index (χ3n) is 4.60. The molecule has 0 saturated heterocycles. The number of aromatic nitrogens is 4.